The van der Waals surface area contributed by atoms with Crippen LogP contribution in [0.5, 0.6) is 0 Å². The molecule has 1 aromatic heterocycles. The van der Waals surface area contributed by atoms with Crippen LogP contribution in [0.15, 0.2) is 0 Å². The Morgan fingerprint density at radius 3 is 2.74 bits per heavy atom. The maximum atomic E-state index is 12.5. The second-order valence-corrected chi connectivity index (χ2v) is 5.74. The second-order valence-electron chi connectivity index (χ2n) is 5.01. The molecule has 1 saturated heterocycles. The number of nitrogens with zero attached hydrogens (tertiary/aromatic N) is 3. The van der Waals surface area contributed by atoms with Crippen LogP contribution in [-0.4, -0.2) is 40.7 Å². The molecule has 108 valence electrons. The van der Waals surface area contributed by atoms with Crippen LogP contribution in [0.3, 0.4) is 0 Å². The SMILES string of the molecule is CC1(C)CN(c2nc(C(F)(F)F)ns2)CC(CN)O1. The van der Waals surface area contributed by atoms with Crippen molar-refractivity contribution in [1.29, 1.82) is 0 Å². The Labute approximate surface area is 112 Å². The molecule has 0 radical (unpaired) electrons. The molecule has 19 heavy (non-hydrogen) atoms. The number of rotatable bonds is 2. The van der Waals surface area contributed by atoms with E-state index in [0.717, 1.165) is 11.5 Å². The molecule has 5 nitrogen and oxygen atoms in total. The number of nitrogens with two attached hydrogens (primary N) is 1. The molecule has 1 aliphatic heterocycles. The van der Waals surface area contributed by atoms with Crippen molar-refractivity contribution in [3.05, 3.63) is 5.82 Å². The van der Waals surface area contributed by atoms with Crippen LogP contribution in [0.25, 0.3) is 0 Å². The molecule has 0 amide bonds. The fourth-order valence-corrected chi connectivity index (χ4v) is 2.72. The first-order valence-corrected chi connectivity index (χ1v) is 6.52. The van der Waals surface area contributed by atoms with Crippen molar-refractivity contribution in [3.63, 3.8) is 0 Å². The number of halogens is 3. The van der Waals surface area contributed by atoms with Crippen LogP contribution in [-0.2, 0) is 10.9 Å². The number of anilines is 1. The minimum atomic E-state index is -4.51. The highest BCUT2D eigenvalue weighted by Gasteiger charge is 2.39. The molecule has 0 saturated carbocycles. The van der Waals surface area contributed by atoms with E-state index >= 15 is 0 Å². The van der Waals surface area contributed by atoms with Gasteiger partial charge in [0.2, 0.25) is 11.0 Å². The Hall–Kier alpha value is -0.930. The molecule has 1 atom stereocenters. The van der Waals surface area contributed by atoms with E-state index in [4.69, 9.17) is 10.5 Å². The van der Waals surface area contributed by atoms with Crippen LogP contribution >= 0.6 is 11.5 Å². The van der Waals surface area contributed by atoms with Gasteiger partial charge in [-0.05, 0) is 13.8 Å². The first-order chi connectivity index (χ1) is 8.71. The summed E-state index contributed by atoms with van der Waals surface area (Å²) in [5.74, 6) is -1.10. The van der Waals surface area contributed by atoms with Gasteiger partial charge >= 0.3 is 6.18 Å². The van der Waals surface area contributed by atoms with Crippen LogP contribution < -0.4 is 10.6 Å². The summed E-state index contributed by atoms with van der Waals surface area (Å²) >= 11 is 0.745. The highest BCUT2D eigenvalue weighted by Crippen LogP contribution is 2.32. The summed E-state index contributed by atoms with van der Waals surface area (Å²) in [6.45, 7) is 4.92. The van der Waals surface area contributed by atoms with Crippen molar-refractivity contribution >= 4 is 16.7 Å². The monoisotopic (exact) mass is 296 g/mol. The third-order valence-corrected chi connectivity index (χ3v) is 3.46. The lowest BCUT2D eigenvalue weighted by molar-refractivity contribution is -0.144. The summed E-state index contributed by atoms with van der Waals surface area (Å²) in [6.07, 6.45) is -4.73. The lowest BCUT2D eigenvalue weighted by atomic mass is 10.1. The Kier molecular flexibility index (Phi) is 3.72. The van der Waals surface area contributed by atoms with Crippen LogP contribution in [0.1, 0.15) is 19.7 Å². The summed E-state index contributed by atoms with van der Waals surface area (Å²) in [4.78, 5) is 5.30. The van der Waals surface area contributed by atoms with Crippen molar-refractivity contribution in [3.8, 4) is 0 Å². The first-order valence-electron chi connectivity index (χ1n) is 5.75. The molecule has 2 N–H and O–H groups in total. The molecule has 1 aliphatic rings. The zero-order chi connectivity index (χ0) is 14.3. The number of aromatic nitrogens is 2. The lowest BCUT2D eigenvalue weighted by Gasteiger charge is -2.42. The van der Waals surface area contributed by atoms with Gasteiger partial charge in [-0.15, -0.1) is 0 Å². The van der Waals surface area contributed by atoms with Gasteiger partial charge in [-0.25, -0.2) is 0 Å². The Bertz CT molecular complexity index is 448. The average Bonchev–Trinajstić information content (AvgIpc) is 2.75. The molecule has 1 fully saturated rings. The highest BCUT2D eigenvalue weighted by molar-refractivity contribution is 7.09. The fraction of sp³-hybridized carbons (Fsp3) is 0.800. The quantitative estimate of drug-likeness (QED) is 0.896. The van der Waals surface area contributed by atoms with E-state index in [9.17, 15) is 13.2 Å². The van der Waals surface area contributed by atoms with Crippen molar-refractivity contribution in [2.75, 3.05) is 24.5 Å². The molecule has 0 bridgehead atoms. The molecule has 9 heteroatoms. The molecular weight excluding hydrogens is 281 g/mol. The van der Waals surface area contributed by atoms with Gasteiger partial charge < -0.3 is 15.4 Å². The van der Waals surface area contributed by atoms with Gasteiger partial charge in [0.1, 0.15) is 0 Å². The van der Waals surface area contributed by atoms with E-state index in [2.05, 4.69) is 9.36 Å². The number of hydrogen-bond acceptors (Lipinski definition) is 6. The third kappa shape index (κ3) is 3.34. The summed E-state index contributed by atoms with van der Waals surface area (Å²) in [6, 6.07) is 0. The molecule has 1 unspecified atom stereocenters. The zero-order valence-electron chi connectivity index (χ0n) is 10.6. The zero-order valence-corrected chi connectivity index (χ0v) is 11.4. The van der Waals surface area contributed by atoms with Gasteiger partial charge in [0.25, 0.3) is 0 Å². The standard InChI is InChI=1S/C10H15F3N4OS/c1-9(2)5-17(4-6(3-14)18-9)8-15-7(16-19-8)10(11,12)13/h6H,3-5,14H2,1-2H3. The summed E-state index contributed by atoms with van der Waals surface area (Å²) < 4.78 is 46.5. The minimum absolute atomic E-state index is 0.220. The second kappa shape index (κ2) is 4.88. The fourth-order valence-electron chi connectivity index (χ4n) is 2.02. The molecular formula is C10H15F3N4OS. The Morgan fingerprint density at radius 2 is 2.21 bits per heavy atom. The topological polar surface area (TPSA) is 64.3 Å². The summed E-state index contributed by atoms with van der Waals surface area (Å²) in [5.41, 5.74) is 5.10. The summed E-state index contributed by atoms with van der Waals surface area (Å²) in [7, 11) is 0. The van der Waals surface area contributed by atoms with E-state index in [0.29, 0.717) is 19.6 Å². The molecule has 0 aliphatic carbocycles. The van der Waals surface area contributed by atoms with Gasteiger partial charge in [-0.2, -0.15) is 22.5 Å². The predicted octanol–water partition coefficient (Wildman–Crippen LogP) is 1.50. The smallest absolute Gasteiger partial charge is 0.367 e. The van der Waals surface area contributed by atoms with Crippen molar-refractivity contribution in [1.82, 2.24) is 9.36 Å². The van der Waals surface area contributed by atoms with Gasteiger partial charge in [-0.1, -0.05) is 0 Å². The lowest BCUT2D eigenvalue weighted by Crippen LogP contribution is -2.55. The number of hydrogen-bond donors (Lipinski definition) is 1. The predicted molar refractivity (Wildman–Crippen MR) is 65.1 cm³/mol. The first kappa shape index (κ1) is 14.5. The maximum absolute atomic E-state index is 12.5. The Morgan fingerprint density at radius 1 is 1.53 bits per heavy atom. The molecule has 2 heterocycles. The molecule has 0 aromatic carbocycles. The van der Waals surface area contributed by atoms with Gasteiger partial charge in [0, 0.05) is 31.2 Å². The molecule has 2 rings (SSSR count). The van der Waals surface area contributed by atoms with E-state index in [1.54, 1.807) is 4.90 Å². The van der Waals surface area contributed by atoms with Crippen LogP contribution in [0.4, 0.5) is 18.3 Å². The highest BCUT2D eigenvalue weighted by atomic mass is 32.1. The van der Waals surface area contributed by atoms with E-state index < -0.39 is 17.6 Å². The minimum Gasteiger partial charge on any atom is -0.367 e. The third-order valence-electron chi connectivity index (χ3n) is 2.68. The van der Waals surface area contributed by atoms with E-state index in [1.165, 1.54) is 0 Å². The molecule has 1 aromatic rings. The molecule has 0 spiro atoms. The van der Waals surface area contributed by atoms with Crippen molar-refractivity contribution < 1.29 is 17.9 Å². The maximum Gasteiger partial charge on any atom is 0.452 e. The normalized spacial score (nSPS) is 23.7. The van der Waals surface area contributed by atoms with E-state index in [-0.39, 0.29) is 11.2 Å². The Balaban J connectivity index is 2.19. The number of morpholine rings is 1. The number of alkyl halides is 3. The van der Waals surface area contributed by atoms with Crippen LogP contribution in [0, 0.1) is 0 Å². The largest absolute Gasteiger partial charge is 0.452 e. The van der Waals surface area contributed by atoms with Crippen molar-refractivity contribution in [2.24, 2.45) is 5.73 Å². The van der Waals surface area contributed by atoms with Crippen LogP contribution in [0.2, 0.25) is 0 Å². The summed E-state index contributed by atoms with van der Waals surface area (Å²) in [5, 5.41) is 0.252. The van der Waals surface area contributed by atoms with E-state index in [1.807, 2.05) is 13.8 Å². The average molecular weight is 296 g/mol. The van der Waals surface area contributed by atoms with Gasteiger partial charge in [0.15, 0.2) is 0 Å². The van der Waals surface area contributed by atoms with Gasteiger partial charge in [0.05, 0.1) is 11.7 Å². The number of ether oxygens (including phenoxy) is 1. The van der Waals surface area contributed by atoms with Gasteiger partial charge in [-0.3, -0.25) is 0 Å². The van der Waals surface area contributed by atoms with Crippen molar-refractivity contribution in [2.45, 2.75) is 31.7 Å².